The molecule has 2 heteroatoms. The molecule has 0 fully saturated rings. The molecule has 1 aromatic heterocycles. The average molecular weight is 240 g/mol. The van der Waals surface area contributed by atoms with E-state index in [0.717, 1.165) is 12.3 Å². The maximum atomic E-state index is 8.10. The van der Waals surface area contributed by atoms with E-state index in [0.29, 0.717) is 0 Å². The lowest BCUT2D eigenvalue weighted by Crippen LogP contribution is -1.98. The molecule has 0 aromatic carbocycles. The number of rotatable bonds is 2. The molecule has 0 aliphatic heterocycles. The largest absolute Gasteiger partial charge is 0.260 e. The summed E-state index contributed by atoms with van der Waals surface area (Å²) >= 11 is 2.97. The Hall–Kier alpha value is -0.370. The molecule has 0 aliphatic carbocycles. The Bertz CT molecular complexity index is 600. The predicted octanol–water partition coefficient (Wildman–Crippen LogP) is 3.35. The van der Waals surface area contributed by atoms with Gasteiger partial charge >= 0.3 is 0 Å². The van der Waals surface area contributed by atoms with Crippen LogP contribution in [0.4, 0.5) is 0 Å². The first-order chi connectivity index (χ1) is 10.4. The Labute approximate surface area is 99.2 Å². The van der Waals surface area contributed by atoms with Crippen molar-refractivity contribution in [2.45, 2.75) is 26.9 Å². The summed E-state index contributed by atoms with van der Waals surface area (Å²) in [6.45, 7) is -10.0. The van der Waals surface area contributed by atoms with Crippen molar-refractivity contribution in [1.29, 1.82) is 0 Å². The highest BCUT2D eigenvalue weighted by molar-refractivity contribution is 9.10. The van der Waals surface area contributed by atoms with Crippen LogP contribution in [0.3, 0.4) is 0 Å². The molecule has 0 amide bonds. The fraction of sp³-hybridized carbons (Fsp3) is 0.500. The summed E-state index contributed by atoms with van der Waals surface area (Å²) < 4.78 is 91.0. The Kier molecular flexibility index (Phi) is 0.791. The first kappa shape index (κ1) is 2.35. The molecule has 0 spiro atoms. The molecule has 0 unspecified atom stereocenters. The SMILES string of the molecule is [2H]C([2H])([2H])c1ncc(Br)cc1C([2H])([2H])C([2H])(C([2H])([2H])[2H])C([2H])([2H])[2H]. The maximum Gasteiger partial charge on any atom is 0.0413 e. The zero-order valence-corrected chi connectivity index (χ0v) is 7.57. The zero-order chi connectivity index (χ0) is 19.4. The van der Waals surface area contributed by atoms with Gasteiger partial charge in [-0.25, -0.2) is 0 Å². The maximum absolute atomic E-state index is 8.10. The molecule has 0 saturated heterocycles. The molecule has 1 rings (SSSR count). The molecule has 12 heavy (non-hydrogen) atoms. The summed E-state index contributed by atoms with van der Waals surface area (Å²) in [6.07, 6.45) is -2.29. The van der Waals surface area contributed by atoms with Crippen molar-refractivity contribution in [1.82, 2.24) is 4.98 Å². The average Bonchev–Trinajstić information content (AvgIpc) is 2.33. The smallest absolute Gasteiger partial charge is 0.0413 e. The Morgan fingerprint density at radius 2 is 2.67 bits per heavy atom. The minimum Gasteiger partial charge on any atom is -0.260 e. The van der Waals surface area contributed by atoms with E-state index < -0.39 is 44.1 Å². The standard InChI is InChI=1S/C10H14BrN/c1-7(2)4-9-5-10(11)6-12-8(9)3/h5-7H,4H2,1-3H3/i1D3,2D3,3D3,4D2,7D. The Balaban J connectivity index is 3.85. The summed E-state index contributed by atoms with van der Waals surface area (Å²) in [5.41, 5.74) is -1.57. The third kappa shape index (κ3) is 2.59. The number of aryl methyl sites for hydroxylation is 1. The van der Waals surface area contributed by atoms with Gasteiger partial charge in [0.05, 0.1) is 0 Å². The van der Waals surface area contributed by atoms with E-state index in [4.69, 9.17) is 16.4 Å². The van der Waals surface area contributed by atoms with Crippen molar-refractivity contribution in [2.75, 3.05) is 0 Å². The molecule has 1 nitrogen and oxygen atoms in total. The van der Waals surface area contributed by atoms with Crippen molar-refractivity contribution in [3.8, 4) is 0 Å². The lowest BCUT2D eigenvalue weighted by Gasteiger charge is -2.07. The van der Waals surface area contributed by atoms with E-state index in [9.17, 15) is 0 Å². The molecular weight excluding hydrogens is 214 g/mol. The van der Waals surface area contributed by atoms with E-state index in [-0.39, 0.29) is 4.47 Å². The van der Waals surface area contributed by atoms with Gasteiger partial charge in [0.15, 0.2) is 0 Å². The fourth-order valence-corrected chi connectivity index (χ4v) is 1.00. The van der Waals surface area contributed by atoms with Crippen LogP contribution in [-0.4, -0.2) is 4.98 Å². The van der Waals surface area contributed by atoms with E-state index >= 15 is 0 Å². The van der Waals surface area contributed by atoms with Gasteiger partial charge in [0.2, 0.25) is 0 Å². The zero-order valence-electron chi connectivity index (χ0n) is 18.0. The van der Waals surface area contributed by atoms with Gasteiger partial charge < -0.3 is 0 Å². The summed E-state index contributed by atoms with van der Waals surface area (Å²) in [5.74, 6) is -3.60. The first-order valence-corrected chi connectivity index (χ1v) is 3.83. The van der Waals surface area contributed by atoms with Crippen LogP contribution in [0.2, 0.25) is 0 Å². The van der Waals surface area contributed by atoms with Gasteiger partial charge in [-0.15, -0.1) is 0 Å². The fourth-order valence-electron chi connectivity index (χ4n) is 0.669. The molecule has 0 saturated carbocycles. The van der Waals surface area contributed by atoms with Crippen molar-refractivity contribution >= 4 is 15.9 Å². The molecule has 0 N–H and O–H groups in total. The Morgan fingerprint density at radius 1 is 1.83 bits per heavy atom. The van der Waals surface area contributed by atoms with Crippen molar-refractivity contribution in [2.24, 2.45) is 5.89 Å². The third-order valence-electron chi connectivity index (χ3n) is 1.11. The second kappa shape index (κ2) is 4.04. The van der Waals surface area contributed by atoms with Crippen LogP contribution in [-0.2, 0) is 6.37 Å². The second-order valence-electron chi connectivity index (χ2n) is 2.05. The monoisotopic (exact) mass is 239 g/mol. The van der Waals surface area contributed by atoms with Gasteiger partial charge in [0, 0.05) is 32.8 Å². The van der Waals surface area contributed by atoms with Gasteiger partial charge in [-0.1, -0.05) is 13.7 Å². The van der Waals surface area contributed by atoms with Crippen molar-refractivity contribution < 1.29 is 16.4 Å². The van der Waals surface area contributed by atoms with Crippen LogP contribution < -0.4 is 0 Å². The Morgan fingerprint density at radius 3 is 3.33 bits per heavy atom. The number of halogens is 1. The highest BCUT2D eigenvalue weighted by Crippen LogP contribution is 2.16. The first-order valence-electron chi connectivity index (χ1n) is 9.04. The van der Waals surface area contributed by atoms with Gasteiger partial charge in [0.1, 0.15) is 0 Å². The van der Waals surface area contributed by atoms with Crippen LogP contribution in [0.25, 0.3) is 0 Å². The molecule has 0 atom stereocenters. The number of hydrogen-bond donors (Lipinski definition) is 0. The molecule has 0 bridgehead atoms. The van der Waals surface area contributed by atoms with Crippen LogP contribution >= 0.6 is 15.9 Å². The predicted molar refractivity (Wildman–Crippen MR) is 55.2 cm³/mol. The van der Waals surface area contributed by atoms with E-state index in [1.165, 1.54) is 0 Å². The molecule has 1 aromatic rings. The van der Waals surface area contributed by atoms with Crippen LogP contribution in [0.5, 0.6) is 0 Å². The molecular formula is C10H14BrN. The summed E-state index contributed by atoms with van der Waals surface area (Å²) in [5, 5.41) is 0. The number of pyridine rings is 1. The third-order valence-corrected chi connectivity index (χ3v) is 1.55. The lowest BCUT2D eigenvalue weighted by molar-refractivity contribution is 0.642. The number of nitrogens with zero attached hydrogens (tertiary/aromatic N) is 1. The van der Waals surface area contributed by atoms with E-state index in [2.05, 4.69) is 20.9 Å². The van der Waals surface area contributed by atoms with Crippen LogP contribution in [0.1, 0.15) is 41.4 Å². The molecule has 0 radical (unpaired) electrons. The van der Waals surface area contributed by atoms with Gasteiger partial charge in [0.25, 0.3) is 0 Å². The van der Waals surface area contributed by atoms with Crippen molar-refractivity contribution in [3.63, 3.8) is 0 Å². The van der Waals surface area contributed by atoms with Gasteiger partial charge in [-0.3, -0.25) is 4.98 Å². The highest BCUT2D eigenvalue weighted by atomic mass is 79.9. The topological polar surface area (TPSA) is 12.9 Å². The van der Waals surface area contributed by atoms with Crippen LogP contribution in [0.15, 0.2) is 16.7 Å². The van der Waals surface area contributed by atoms with E-state index in [1.807, 2.05) is 0 Å². The lowest BCUT2D eigenvalue weighted by atomic mass is 10.0. The second-order valence-corrected chi connectivity index (χ2v) is 2.97. The molecule has 0 aliphatic rings. The highest BCUT2D eigenvalue weighted by Gasteiger charge is 2.02. The molecule has 1 heterocycles. The van der Waals surface area contributed by atoms with Gasteiger partial charge in [-0.05, 0) is 46.7 Å². The summed E-state index contributed by atoms with van der Waals surface area (Å²) in [6, 6.07) is 0.940. The van der Waals surface area contributed by atoms with Gasteiger partial charge in [-0.2, -0.15) is 0 Å². The minimum absolute atomic E-state index is 0.118. The number of aromatic nitrogens is 1. The molecule has 66 valence electrons. The minimum atomic E-state index is -3.60. The van der Waals surface area contributed by atoms with Crippen molar-refractivity contribution in [3.05, 3.63) is 28.0 Å². The quantitative estimate of drug-likeness (QED) is 0.772. The summed E-state index contributed by atoms with van der Waals surface area (Å²) in [7, 11) is 0. The summed E-state index contributed by atoms with van der Waals surface area (Å²) in [4.78, 5) is 3.59. The normalized spacial score (nSPS) is 30.8. The number of hydrogen-bond acceptors (Lipinski definition) is 1. The van der Waals surface area contributed by atoms with Crippen LogP contribution in [0, 0.1) is 12.7 Å². The van der Waals surface area contributed by atoms with E-state index in [1.54, 1.807) is 0 Å².